The number of carbonyl (C=O) groups is 1. The summed E-state index contributed by atoms with van der Waals surface area (Å²) in [5.41, 5.74) is 1.18. The van der Waals surface area contributed by atoms with Crippen LogP contribution in [0.2, 0.25) is 5.02 Å². The fourth-order valence-corrected chi connectivity index (χ4v) is 2.46. The molecule has 2 rings (SSSR count). The molecule has 0 heterocycles. The molecule has 1 amide bonds. The fraction of sp³-hybridized carbons (Fsp3) is 0.118. The van der Waals surface area contributed by atoms with Gasteiger partial charge in [0.05, 0.1) is 17.9 Å². The summed E-state index contributed by atoms with van der Waals surface area (Å²) in [5.74, 6) is -1.16. The quantitative estimate of drug-likeness (QED) is 0.928. The smallest absolute Gasteiger partial charge is 0.261 e. The molecule has 114 valence electrons. The molecule has 0 aliphatic rings. The van der Waals surface area contributed by atoms with Crippen LogP contribution in [0.15, 0.2) is 43.0 Å². The summed E-state index contributed by atoms with van der Waals surface area (Å²) < 4.78 is 14.1. The number of anilines is 1. The van der Waals surface area contributed by atoms with Gasteiger partial charge in [-0.15, -0.1) is 0 Å². The highest BCUT2D eigenvalue weighted by Crippen LogP contribution is 2.29. The zero-order valence-electron chi connectivity index (χ0n) is 12.0. The average Bonchev–Trinajstić information content (AvgIpc) is 2.52. The van der Waals surface area contributed by atoms with E-state index in [0.29, 0.717) is 21.8 Å². The van der Waals surface area contributed by atoms with Crippen molar-refractivity contribution in [3.05, 3.63) is 70.5 Å². The maximum absolute atomic E-state index is 14.1. The number of aliphatic hydroxyl groups excluding tert-OH is 1. The molecule has 0 atom stereocenters. The van der Waals surface area contributed by atoms with Crippen LogP contribution in [0.4, 0.5) is 10.1 Å². The van der Waals surface area contributed by atoms with Gasteiger partial charge in [0.15, 0.2) is 0 Å². The SMILES string of the molecule is C=Cc1cccc(F)c1C(=O)N(C)c1cccc(Cl)c1CO. The van der Waals surface area contributed by atoms with Crippen LogP contribution in [-0.4, -0.2) is 18.1 Å². The van der Waals surface area contributed by atoms with Gasteiger partial charge < -0.3 is 10.0 Å². The third-order valence-electron chi connectivity index (χ3n) is 3.40. The van der Waals surface area contributed by atoms with Crippen LogP contribution in [0.25, 0.3) is 6.08 Å². The minimum atomic E-state index is -0.623. The molecular weight excluding hydrogens is 305 g/mol. The van der Waals surface area contributed by atoms with Crippen molar-refractivity contribution in [1.82, 2.24) is 0 Å². The van der Waals surface area contributed by atoms with E-state index in [4.69, 9.17) is 11.6 Å². The molecule has 3 nitrogen and oxygen atoms in total. The molecule has 0 aliphatic heterocycles. The van der Waals surface area contributed by atoms with Crippen LogP contribution in [0.1, 0.15) is 21.5 Å². The van der Waals surface area contributed by atoms with Gasteiger partial charge in [-0.1, -0.05) is 42.5 Å². The van der Waals surface area contributed by atoms with Crippen molar-refractivity contribution in [2.75, 3.05) is 11.9 Å². The summed E-state index contributed by atoms with van der Waals surface area (Å²) in [6.45, 7) is 3.28. The largest absolute Gasteiger partial charge is 0.392 e. The van der Waals surface area contributed by atoms with Gasteiger partial charge in [0.2, 0.25) is 0 Å². The van der Waals surface area contributed by atoms with E-state index >= 15 is 0 Å². The molecule has 22 heavy (non-hydrogen) atoms. The van der Waals surface area contributed by atoms with E-state index in [2.05, 4.69) is 6.58 Å². The predicted molar refractivity (Wildman–Crippen MR) is 86.6 cm³/mol. The molecule has 2 aromatic carbocycles. The van der Waals surface area contributed by atoms with Crippen molar-refractivity contribution in [2.24, 2.45) is 0 Å². The van der Waals surface area contributed by atoms with Gasteiger partial charge in [-0.25, -0.2) is 4.39 Å². The average molecular weight is 320 g/mol. The molecule has 0 aliphatic carbocycles. The molecule has 0 aromatic heterocycles. The zero-order chi connectivity index (χ0) is 16.3. The summed E-state index contributed by atoms with van der Waals surface area (Å²) in [6, 6.07) is 9.27. The first-order chi connectivity index (χ1) is 10.5. The van der Waals surface area contributed by atoms with E-state index < -0.39 is 11.7 Å². The highest BCUT2D eigenvalue weighted by Gasteiger charge is 2.22. The van der Waals surface area contributed by atoms with Gasteiger partial charge in [0.1, 0.15) is 5.82 Å². The van der Waals surface area contributed by atoms with E-state index in [0.717, 1.165) is 0 Å². The first kappa shape index (κ1) is 16.2. The number of nitrogens with zero attached hydrogens (tertiary/aromatic N) is 1. The molecule has 0 fully saturated rings. The Morgan fingerprint density at radius 1 is 1.36 bits per heavy atom. The summed E-state index contributed by atoms with van der Waals surface area (Å²) in [7, 11) is 1.51. The van der Waals surface area contributed by atoms with Crippen LogP contribution in [-0.2, 0) is 6.61 Å². The van der Waals surface area contributed by atoms with E-state index in [1.54, 1.807) is 24.3 Å². The lowest BCUT2D eigenvalue weighted by atomic mass is 10.0. The van der Waals surface area contributed by atoms with Gasteiger partial charge in [-0.3, -0.25) is 4.79 Å². The minimum absolute atomic E-state index is 0.0659. The molecule has 2 aromatic rings. The van der Waals surface area contributed by atoms with Gasteiger partial charge in [0, 0.05) is 17.6 Å². The number of hydrogen-bond donors (Lipinski definition) is 1. The van der Waals surface area contributed by atoms with E-state index in [-0.39, 0.29) is 12.2 Å². The predicted octanol–water partition coefficient (Wildman–Crippen LogP) is 3.89. The van der Waals surface area contributed by atoms with E-state index in [1.807, 2.05) is 0 Å². The number of benzene rings is 2. The molecule has 0 bridgehead atoms. The van der Waals surface area contributed by atoms with E-state index in [9.17, 15) is 14.3 Å². The normalized spacial score (nSPS) is 10.4. The molecule has 0 spiro atoms. The Bertz CT molecular complexity index is 731. The summed E-state index contributed by atoms with van der Waals surface area (Å²) >= 11 is 6.03. The Balaban J connectivity index is 2.51. The lowest BCUT2D eigenvalue weighted by Gasteiger charge is -2.22. The van der Waals surface area contributed by atoms with E-state index in [1.165, 1.54) is 30.2 Å². The summed E-state index contributed by atoms with van der Waals surface area (Å²) in [5, 5.41) is 9.79. The molecule has 0 radical (unpaired) electrons. The molecule has 0 saturated heterocycles. The number of halogens is 2. The van der Waals surface area contributed by atoms with Crippen LogP contribution >= 0.6 is 11.6 Å². The summed E-state index contributed by atoms with van der Waals surface area (Å²) in [6.07, 6.45) is 1.43. The van der Waals surface area contributed by atoms with Crippen LogP contribution in [0.5, 0.6) is 0 Å². The Hall–Kier alpha value is -2.17. The van der Waals surface area contributed by atoms with Crippen LogP contribution in [0, 0.1) is 5.82 Å². The summed E-state index contributed by atoms with van der Waals surface area (Å²) in [4.78, 5) is 13.9. The molecule has 1 N–H and O–H groups in total. The number of carbonyl (C=O) groups excluding carboxylic acids is 1. The van der Waals surface area contributed by atoms with Gasteiger partial charge >= 0.3 is 0 Å². The second kappa shape index (κ2) is 6.73. The second-order valence-electron chi connectivity index (χ2n) is 4.67. The molecule has 0 saturated carbocycles. The first-order valence-electron chi connectivity index (χ1n) is 6.58. The Labute approximate surface area is 133 Å². The van der Waals surface area contributed by atoms with Gasteiger partial charge in [0.25, 0.3) is 5.91 Å². The van der Waals surface area contributed by atoms with Crippen molar-refractivity contribution < 1.29 is 14.3 Å². The highest BCUT2D eigenvalue weighted by molar-refractivity contribution is 6.32. The second-order valence-corrected chi connectivity index (χ2v) is 5.08. The van der Waals surface area contributed by atoms with Gasteiger partial charge in [-0.05, 0) is 23.8 Å². The zero-order valence-corrected chi connectivity index (χ0v) is 12.8. The highest BCUT2D eigenvalue weighted by atomic mass is 35.5. The van der Waals surface area contributed by atoms with Crippen molar-refractivity contribution in [1.29, 1.82) is 0 Å². The van der Waals surface area contributed by atoms with Crippen molar-refractivity contribution in [3.63, 3.8) is 0 Å². The lowest BCUT2D eigenvalue weighted by molar-refractivity contribution is 0.0988. The molecular formula is C17H15ClFNO2. The Morgan fingerprint density at radius 2 is 2.05 bits per heavy atom. The van der Waals surface area contributed by atoms with Crippen molar-refractivity contribution in [2.45, 2.75) is 6.61 Å². The lowest BCUT2D eigenvalue weighted by Crippen LogP contribution is -2.29. The number of rotatable bonds is 4. The van der Waals surface area contributed by atoms with Crippen LogP contribution < -0.4 is 4.90 Å². The monoisotopic (exact) mass is 319 g/mol. The maximum Gasteiger partial charge on any atom is 0.261 e. The molecule has 0 unspecified atom stereocenters. The third kappa shape index (κ3) is 2.89. The Kier molecular flexibility index (Phi) is 4.96. The van der Waals surface area contributed by atoms with Crippen molar-refractivity contribution in [3.8, 4) is 0 Å². The minimum Gasteiger partial charge on any atom is -0.392 e. The third-order valence-corrected chi connectivity index (χ3v) is 3.75. The van der Waals surface area contributed by atoms with Crippen LogP contribution in [0.3, 0.4) is 0 Å². The Morgan fingerprint density at radius 3 is 2.68 bits per heavy atom. The number of amides is 1. The number of hydrogen-bond acceptors (Lipinski definition) is 2. The topological polar surface area (TPSA) is 40.5 Å². The van der Waals surface area contributed by atoms with Crippen molar-refractivity contribution >= 4 is 29.3 Å². The maximum atomic E-state index is 14.1. The first-order valence-corrected chi connectivity index (χ1v) is 6.96. The molecule has 5 heteroatoms. The van der Waals surface area contributed by atoms with Gasteiger partial charge in [-0.2, -0.15) is 0 Å². The standard InChI is InChI=1S/C17H15ClFNO2/c1-3-11-6-4-8-14(19)16(11)17(22)20(2)15-9-5-7-13(18)12(15)10-21/h3-9,21H,1,10H2,2H3. The number of aliphatic hydroxyl groups is 1. The fourth-order valence-electron chi connectivity index (χ4n) is 2.23.